The highest BCUT2D eigenvalue weighted by molar-refractivity contribution is 9.10. The first kappa shape index (κ1) is 10.9. The zero-order valence-electron chi connectivity index (χ0n) is 7.09. The summed E-state index contributed by atoms with van der Waals surface area (Å²) < 4.78 is 0.789. The number of hydrogen-bond donors (Lipinski definition) is 2. The molecule has 0 spiro atoms. The van der Waals surface area contributed by atoms with Crippen LogP contribution in [-0.2, 0) is 5.54 Å². The first-order chi connectivity index (χ1) is 5.97. The molecule has 0 saturated carbocycles. The van der Waals surface area contributed by atoms with Crippen LogP contribution in [0.1, 0.15) is 12.5 Å². The van der Waals surface area contributed by atoms with E-state index in [4.69, 9.17) is 22.4 Å². The molecule has 0 aliphatic carbocycles. The average molecular weight is 266 g/mol. The lowest BCUT2D eigenvalue weighted by molar-refractivity contribution is 0.210. The Balaban J connectivity index is 3.20. The maximum Gasteiger partial charge on any atom is 0.134 e. The van der Waals surface area contributed by atoms with Crippen molar-refractivity contribution in [1.29, 1.82) is 0 Å². The Labute approximate surface area is 90.1 Å². The molecule has 1 aromatic heterocycles. The van der Waals surface area contributed by atoms with Gasteiger partial charge in [-0.1, -0.05) is 11.6 Å². The number of rotatable bonds is 2. The van der Waals surface area contributed by atoms with E-state index in [9.17, 15) is 0 Å². The second-order valence-electron chi connectivity index (χ2n) is 3.07. The fourth-order valence-electron chi connectivity index (χ4n) is 0.908. The summed E-state index contributed by atoms with van der Waals surface area (Å²) >= 11 is 9.10. The quantitative estimate of drug-likeness (QED) is 0.800. The van der Waals surface area contributed by atoms with Gasteiger partial charge in [-0.25, -0.2) is 4.98 Å². The van der Waals surface area contributed by atoms with Gasteiger partial charge in [-0.2, -0.15) is 0 Å². The molecule has 3 N–H and O–H groups in total. The summed E-state index contributed by atoms with van der Waals surface area (Å²) in [4.78, 5) is 3.92. The summed E-state index contributed by atoms with van der Waals surface area (Å²) in [5.41, 5.74) is 5.59. The van der Waals surface area contributed by atoms with E-state index >= 15 is 0 Å². The van der Waals surface area contributed by atoms with Gasteiger partial charge in [0.1, 0.15) is 5.15 Å². The molecule has 72 valence electrons. The first-order valence-corrected chi connectivity index (χ1v) is 4.86. The van der Waals surface area contributed by atoms with E-state index in [-0.39, 0.29) is 6.61 Å². The van der Waals surface area contributed by atoms with Gasteiger partial charge in [0, 0.05) is 16.2 Å². The number of aliphatic hydroxyl groups is 1. The van der Waals surface area contributed by atoms with E-state index in [2.05, 4.69) is 20.9 Å². The van der Waals surface area contributed by atoms with Gasteiger partial charge in [0.2, 0.25) is 0 Å². The molecular formula is C8H10BrClN2O. The standard InChI is InChI=1S/C8H10BrClN2O/c1-8(11,4-13)6-2-5(9)3-12-7(6)10/h2-3,13H,4,11H2,1H3. The summed E-state index contributed by atoms with van der Waals surface area (Å²) in [6.07, 6.45) is 1.58. The van der Waals surface area contributed by atoms with Crippen LogP contribution in [0.15, 0.2) is 16.7 Å². The van der Waals surface area contributed by atoms with Crippen molar-refractivity contribution in [3.63, 3.8) is 0 Å². The maximum atomic E-state index is 9.04. The van der Waals surface area contributed by atoms with E-state index < -0.39 is 5.54 Å². The van der Waals surface area contributed by atoms with Crippen LogP contribution in [0.5, 0.6) is 0 Å². The van der Waals surface area contributed by atoms with Gasteiger partial charge < -0.3 is 10.8 Å². The Bertz CT molecular complexity index is 317. The maximum absolute atomic E-state index is 9.04. The fraction of sp³-hybridized carbons (Fsp3) is 0.375. The molecule has 3 nitrogen and oxygen atoms in total. The smallest absolute Gasteiger partial charge is 0.134 e. The summed E-state index contributed by atoms with van der Waals surface area (Å²) in [6.45, 7) is 1.52. The lowest BCUT2D eigenvalue weighted by atomic mass is 9.96. The number of nitrogens with zero attached hydrogens (tertiary/aromatic N) is 1. The number of halogens is 2. The summed E-state index contributed by atoms with van der Waals surface area (Å²) in [5.74, 6) is 0. The van der Waals surface area contributed by atoms with Crippen molar-refractivity contribution in [3.8, 4) is 0 Å². The molecule has 0 radical (unpaired) electrons. The lowest BCUT2D eigenvalue weighted by Crippen LogP contribution is -2.37. The highest BCUT2D eigenvalue weighted by Gasteiger charge is 2.23. The third kappa shape index (κ3) is 2.40. The zero-order chi connectivity index (χ0) is 10.1. The van der Waals surface area contributed by atoms with Crippen LogP contribution < -0.4 is 5.73 Å². The zero-order valence-corrected chi connectivity index (χ0v) is 9.43. The van der Waals surface area contributed by atoms with Crippen molar-refractivity contribution in [2.45, 2.75) is 12.5 Å². The third-order valence-electron chi connectivity index (χ3n) is 1.75. The summed E-state index contributed by atoms with van der Waals surface area (Å²) in [7, 11) is 0. The minimum atomic E-state index is -0.853. The molecule has 1 aromatic rings. The monoisotopic (exact) mass is 264 g/mol. The van der Waals surface area contributed by atoms with Crippen molar-refractivity contribution < 1.29 is 5.11 Å². The Morgan fingerprint density at radius 2 is 2.38 bits per heavy atom. The van der Waals surface area contributed by atoms with Gasteiger partial charge in [0.05, 0.1) is 12.1 Å². The van der Waals surface area contributed by atoms with Gasteiger partial charge in [-0.15, -0.1) is 0 Å². The van der Waals surface area contributed by atoms with Gasteiger partial charge in [-0.3, -0.25) is 0 Å². The molecule has 1 unspecified atom stereocenters. The van der Waals surface area contributed by atoms with Gasteiger partial charge in [-0.05, 0) is 28.9 Å². The molecule has 0 saturated heterocycles. The Kier molecular flexibility index (Phi) is 3.29. The van der Waals surface area contributed by atoms with Gasteiger partial charge in [0.25, 0.3) is 0 Å². The molecule has 0 aliphatic heterocycles. The number of hydrogen-bond acceptors (Lipinski definition) is 3. The number of aliphatic hydroxyl groups excluding tert-OH is 1. The molecule has 5 heteroatoms. The van der Waals surface area contributed by atoms with Crippen LogP contribution in [-0.4, -0.2) is 16.7 Å². The van der Waals surface area contributed by atoms with Gasteiger partial charge in [0.15, 0.2) is 0 Å². The van der Waals surface area contributed by atoms with Crippen molar-refractivity contribution >= 4 is 27.5 Å². The van der Waals surface area contributed by atoms with E-state index in [1.165, 1.54) is 0 Å². The largest absolute Gasteiger partial charge is 0.394 e. The number of pyridine rings is 1. The topological polar surface area (TPSA) is 59.1 Å². The van der Waals surface area contributed by atoms with Crippen molar-refractivity contribution in [1.82, 2.24) is 4.98 Å². The highest BCUT2D eigenvalue weighted by Crippen LogP contribution is 2.26. The molecular weight excluding hydrogens is 255 g/mol. The second kappa shape index (κ2) is 3.92. The number of nitrogens with two attached hydrogens (primary N) is 1. The van der Waals surface area contributed by atoms with E-state index in [1.807, 2.05) is 0 Å². The van der Waals surface area contributed by atoms with Crippen molar-refractivity contribution in [3.05, 3.63) is 27.5 Å². The molecule has 0 amide bonds. The molecule has 1 atom stereocenters. The van der Waals surface area contributed by atoms with E-state index in [0.29, 0.717) is 10.7 Å². The number of aromatic nitrogens is 1. The van der Waals surface area contributed by atoms with Crippen LogP contribution in [0, 0.1) is 0 Å². The fourth-order valence-corrected chi connectivity index (χ4v) is 1.56. The van der Waals surface area contributed by atoms with Crippen LogP contribution in [0.25, 0.3) is 0 Å². The lowest BCUT2D eigenvalue weighted by Gasteiger charge is -2.22. The molecule has 1 heterocycles. The van der Waals surface area contributed by atoms with E-state index in [0.717, 1.165) is 4.47 Å². The summed E-state index contributed by atoms with van der Waals surface area (Å²) in [6, 6.07) is 1.76. The molecule has 0 bridgehead atoms. The van der Waals surface area contributed by atoms with E-state index in [1.54, 1.807) is 19.2 Å². The second-order valence-corrected chi connectivity index (χ2v) is 4.34. The van der Waals surface area contributed by atoms with Crippen LogP contribution in [0.4, 0.5) is 0 Å². The Morgan fingerprint density at radius 1 is 1.77 bits per heavy atom. The van der Waals surface area contributed by atoms with Crippen molar-refractivity contribution in [2.75, 3.05) is 6.61 Å². The predicted octanol–water partition coefficient (Wildman–Crippen LogP) is 1.66. The molecule has 0 aliphatic rings. The third-order valence-corrected chi connectivity index (χ3v) is 2.48. The molecule has 1 rings (SSSR count). The minimum absolute atomic E-state index is 0.176. The first-order valence-electron chi connectivity index (χ1n) is 3.68. The Morgan fingerprint density at radius 3 is 2.92 bits per heavy atom. The van der Waals surface area contributed by atoms with Crippen LogP contribution in [0.2, 0.25) is 5.15 Å². The molecule has 0 fully saturated rings. The van der Waals surface area contributed by atoms with Crippen molar-refractivity contribution in [2.24, 2.45) is 5.73 Å². The Hall–Kier alpha value is -0.160. The minimum Gasteiger partial charge on any atom is -0.394 e. The predicted molar refractivity (Wildman–Crippen MR) is 55.6 cm³/mol. The van der Waals surface area contributed by atoms with Crippen LogP contribution in [0.3, 0.4) is 0 Å². The highest BCUT2D eigenvalue weighted by atomic mass is 79.9. The van der Waals surface area contributed by atoms with Crippen LogP contribution >= 0.6 is 27.5 Å². The molecule has 13 heavy (non-hydrogen) atoms. The summed E-state index contributed by atoms with van der Waals surface area (Å²) in [5, 5.41) is 9.36. The molecule has 0 aromatic carbocycles. The SMILES string of the molecule is CC(N)(CO)c1cc(Br)cnc1Cl. The average Bonchev–Trinajstić information content (AvgIpc) is 2.09. The normalized spacial score (nSPS) is 15.5. The van der Waals surface area contributed by atoms with Gasteiger partial charge >= 0.3 is 0 Å².